The summed E-state index contributed by atoms with van der Waals surface area (Å²) in [6.45, 7) is 3.82. The summed E-state index contributed by atoms with van der Waals surface area (Å²) in [7, 11) is 0. The Morgan fingerprint density at radius 3 is 2.45 bits per heavy atom. The van der Waals surface area contributed by atoms with Gasteiger partial charge in [0.05, 0.1) is 11.0 Å². The van der Waals surface area contributed by atoms with Gasteiger partial charge in [-0.3, -0.25) is 10.1 Å². The van der Waals surface area contributed by atoms with Crippen LogP contribution in [0.3, 0.4) is 0 Å². The number of benzene rings is 2. The lowest BCUT2D eigenvalue weighted by Crippen LogP contribution is -2.11. The largest absolute Gasteiger partial charge is 0.373 e. The highest BCUT2D eigenvalue weighted by Crippen LogP contribution is 2.31. The number of nitrogens with zero attached hydrogens (tertiary/aromatic N) is 1. The fourth-order valence-corrected chi connectivity index (χ4v) is 2.31. The fraction of sp³-hybridized carbons (Fsp3) is 0.250. The van der Waals surface area contributed by atoms with Crippen molar-refractivity contribution in [3.05, 3.63) is 69.8 Å². The molecule has 0 heterocycles. The lowest BCUT2D eigenvalue weighted by molar-refractivity contribution is -0.384. The van der Waals surface area contributed by atoms with Crippen molar-refractivity contribution >= 4 is 11.4 Å². The van der Waals surface area contributed by atoms with Crippen LogP contribution in [0.1, 0.15) is 30.5 Å². The van der Waals surface area contributed by atoms with E-state index in [0.717, 1.165) is 12.0 Å². The molecule has 0 radical (unpaired) electrons. The van der Waals surface area contributed by atoms with Gasteiger partial charge in [0.1, 0.15) is 5.69 Å². The molecule has 0 amide bonds. The van der Waals surface area contributed by atoms with Gasteiger partial charge in [0.15, 0.2) is 0 Å². The molecule has 104 valence electrons. The summed E-state index contributed by atoms with van der Waals surface area (Å²) in [6.07, 6.45) is 0.856. The Balaban J connectivity index is 2.33. The molecular weight excluding hydrogens is 252 g/mol. The minimum Gasteiger partial charge on any atom is -0.373 e. The summed E-state index contributed by atoms with van der Waals surface area (Å²) in [5, 5.41) is 14.5. The van der Waals surface area contributed by atoms with Gasteiger partial charge in [-0.05, 0) is 25.0 Å². The number of anilines is 1. The highest BCUT2D eigenvalue weighted by Gasteiger charge is 2.19. The fourth-order valence-electron chi connectivity index (χ4n) is 2.31. The molecule has 2 rings (SSSR count). The average molecular weight is 270 g/mol. The predicted octanol–water partition coefficient (Wildman–Crippen LogP) is 4.47. The zero-order valence-electron chi connectivity index (χ0n) is 11.7. The Labute approximate surface area is 118 Å². The van der Waals surface area contributed by atoms with Gasteiger partial charge >= 0.3 is 0 Å². The second-order valence-corrected chi connectivity index (χ2v) is 4.74. The van der Waals surface area contributed by atoms with E-state index < -0.39 is 0 Å². The van der Waals surface area contributed by atoms with Gasteiger partial charge in [0.25, 0.3) is 5.69 Å². The van der Waals surface area contributed by atoms with Crippen LogP contribution in [0.2, 0.25) is 0 Å². The normalized spacial score (nSPS) is 11.9. The van der Waals surface area contributed by atoms with E-state index in [1.54, 1.807) is 19.1 Å². The number of para-hydroxylation sites is 1. The third-order valence-corrected chi connectivity index (χ3v) is 3.36. The maximum absolute atomic E-state index is 11.2. The monoisotopic (exact) mass is 270 g/mol. The lowest BCUT2D eigenvalue weighted by atomic mass is 10.0. The molecule has 0 saturated heterocycles. The van der Waals surface area contributed by atoms with Crippen molar-refractivity contribution in [3.8, 4) is 0 Å². The van der Waals surface area contributed by atoms with Crippen molar-refractivity contribution in [1.82, 2.24) is 0 Å². The van der Waals surface area contributed by atoms with Crippen LogP contribution in [0.25, 0.3) is 0 Å². The van der Waals surface area contributed by atoms with E-state index in [2.05, 4.69) is 12.2 Å². The highest BCUT2D eigenvalue weighted by atomic mass is 16.6. The predicted molar refractivity (Wildman–Crippen MR) is 80.9 cm³/mol. The van der Waals surface area contributed by atoms with Crippen LogP contribution in [0.15, 0.2) is 48.5 Å². The minimum absolute atomic E-state index is 0.0664. The molecule has 0 aliphatic rings. The number of aryl methyl sites for hydroxylation is 1. The maximum atomic E-state index is 11.2. The van der Waals surface area contributed by atoms with Crippen LogP contribution in [-0.4, -0.2) is 4.92 Å². The molecule has 1 unspecified atom stereocenters. The molecule has 0 bridgehead atoms. The molecular formula is C16H18N2O2. The number of rotatable bonds is 5. The van der Waals surface area contributed by atoms with Crippen LogP contribution in [-0.2, 0) is 0 Å². The summed E-state index contributed by atoms with van der Waals surface area (Å²) in [5.41, 5.74) is 2.53. The van der Waals surface area contributed by atoms with Crippen molar-refractivity contribution in [1.29, 1.82) is 0 Å². The molecule has 1 N–H and O–H groups in total. The van der Waals surface area contributed by atoms with Crippen molar-refractivity contribution in [2.45, 2.75) is 26.3 Å². The van der Waals surface area contributed by atoms with Crippen LogP contribution in [0.4, 0.5) is 11.4 Å². The third kappa shape index (κ3) is 2.96. The van der Waals surface area contributed by atoms with Crippen LogP contribution < -0.4 is 5.32 Å². The number of nitrogens with one attached hydrogen (secondary N) is 1. The average Bonchev–Trinajstić information content (AvgIpc) is 2.45. The second kappa shape index (κ2) is 6.19. The molecule has 4 nitrogen and oxygen atoms in total. The van der Waals surface area contributed by atoms with Gasteiger partial charge in [-0.1, -0.05) is 49.4 Å². The number of hydrogen-bond acceptors (Lipinski definition) is 3. The topological polar surface area (TPSA) is 55.2 Å². The van der Waals surface area contributed by atoms with Crippen LogP contribution in [0, 0.1) is 17.0 Å². The van der Waals surface area contributed by atoms with E-state index in [9.17, 15) is 10.1 Å². The summed E-state index contributed by atoms with van der Waals surface area (Å²) >= 11 is 0. The Morgan fingerprint density at radius 2 is 1.85 bits per heavy atom. The molecule has 0 aliphatic heterocycles. The molecule has 0 aromatic heterocycles. The molecule has 0 saturated carbocycles. The maximum Gasteiger partial charge on any atom is 0.295 e. The summed E-state index contributed by atoms with van der Waals surface area (Å²) < 4.78 is 0. The summed E-state index contributed by atoms with van der Waals surface area (Å²) in [5.74, 6) is 0. The smallest absolute Gasteiger partial charge is 0.295 e. The molecule has 0 fully saturated rings. The number of nitro groups is 1. The van der Waals surface area contributed by atoms with E-state index in [4.69, 9.17) is 0 Å². The standard InChI is InChI=1S/C16H18N2O2/c1-3-14(13-9-5-4-6-10-13)17-15-11-7-8-12(2)16(15)18(19)20/h4-11,14,17H,3H2,1-2H3. The van der Waals surface area contributed by atoms with Crippen molar-refractivity contribution in [3.63, 3.8) is 0 Å². The van der Waals surface area contributed by atoms with E-state index in [0.29, 0.717) is 11.3 Å². The minimum atomic E-state index is -0.324. The van der Waals surface area contributed by atoms with Crippen molar-refractivity contribution in [2.24, 2.45) is 0 Å². The van der Waals surface area contributed by atoms with Gasteiger partial charge in [-0.25, -0.2) is 0 Å². The SMILES string of the molecule is CCC(Nc1cccc(C)c1[N+](=O)[O-])c1ccccc1. The number of hydrogen-bond donors (Lipinski definition) is 1. The lowest BCUT2D eigenvalue weighted by Gasteiger charge is -2.19. The molecule has 2 aromatic carbocycles. The van der Waals surface area contributed by atoms with Crippen LogP contribution >= 0.6 is 0 Å². The van der Waals surface area contributed by atoms with E-state index in [1.165, 1.54) is 0 Å². The van der Waals surface area contributed by atoms with Gasteiger partial charge < -0.3 is 5.32 Å². The Bertz CT molecular complexity index is 597. The Morgan fingerprint density at radius 1 is 1.15 bits per heavy atom. The van der Waals surface area contributed by atoms with E-state index in [-0.39, 0.29) is 16.7 Å². The highest BCUT2D eigenvalue weighted by molar-refractivity contribution is 5.65. The molecule has 1 atom stereocenters. The van der Waals surface area contributed by atoms with Gasteiger partial charge in [-0.2, -0.15) is 0 Å². The molecule has 0 aliphatic carbocycles. The zero-order valence-corrected chi connectivity index (χ0v) is 11.7. The van der Waals surface area contributed by atoms with E-state index in [1.807, 2.05) is 36.4 Å². The Kier molecular flexibility index (Phi) is 4.35. The molecule has 2 aromatic rings. The first kappa shape index (κ1) is 14.1. The zero-order chi connectivity index (χ0) is 14.5. The Hall–Kier alpha value is -2.36. The first-order valence-corrected chi connectivity index (χ1v) is 6.69. The first-order chi connectivity index (χ1) is 9.63. The third-order valence-electron chi connectivity index (χ3n) is 3.36. The van der Waals surface area contributed by atoms with E-state index >= 15 is 0 Å². The second-order valence-electron chi connectivity index (χ2n) is 4.74. The number of nitro benzene ring substituents is 1. The molecule has 20 heavy (non-hydrogen) atoms. The quantitative estimate of drug-likeness (QED) is 0.644. The molecule has 4 heteroatoms. The van der Waals surface area contributed by atoms with Crippen molar-refractivity contribution in [2.75, 3.05) is 5.32 Å². The first-order valence-electron chi connectivity index (χ1n) is 6.69. The van der Waals surface area contributed by atoms with Gasteiger partial charge in [-0.15, -0.1) is 0 Å². The van der Waals surface area contributed by atoms with Crippen LogP contribution in [0.5, 0.6) is 0 Å². The molecule has 0 spiro atoms. The van der Waals surface area contributed by atoms with Crippen molar-refractivity contribution < 1.29 is 4.92 Å². The van der Waals surface area contributed by atoms with Gasteiger partial charge in [0.2, 0.25) is 0 Å². The van der Waals surface area contributed by atoms with Gasteiger partial charge in [0, 0.05) is 5.56 Å². The summed E-state index contributed by atoms with van der Waals surface area (Å²) in [4.78, 5) is 10.9. The summed E-state index contributed by atoms with van der Waals surface area (Å²) in [6, 6.07) is 15.4.